The zero-order valence-electron chi connectivity index (χ0n) is 7.27. The molecule has 14 heavy (non-hydrogen) atoms. The molecule has 0 bridgehead atoms. The number of anilines is 2. The van der Waals surface area contributed by atoms with Crippen LogP contribution in [0, 0.1) is 0 Å². The van der Waals surface area contributed by atoms with Gasteiger partial charge in [-0.15, -0.1) is 0 Å². The van der Waals surface area contributed by atoms with Crippen molar-refractivity contribution in [2.45, 2.75) is 9.92 Å². The molecule has 1 aliphatic heterocycles. The van der Waals surface area contributed by atoms with Crippen LogP contribution in [0.3, 0.4) is 0 Å². The molecule has 3 nitrogen and oxygen atoms in total. The Bertz CT molecular complexity index is 397. The van der Waals surface area contributed by atoms with Gasteiger partial charge in [0.25, 0.3) is 0 Å². The first-order valence-corrected chi connectivity index (χ1v) is 5.10. The molecule has 1 aliphatic rings. The highest BCUT2D eigenvalue weighted by atomic mass is 32.2. The summed E-state index contributed by atoms with van der Waals surface area (Å²) in [6, 6.07) is 7.90. The van der Waals surface area contributed by atoms with E-state index >= 15 is 0 Å². The number of fused-ring (bicyclic) bond motifs is 2. The van der Waals surface area contributed by atoms with Gasteiger partial charge < -0.3 is 5.32 Å². The summed E-state index contributed by atoms with van der Waals surface area (Å²) in [5.74, 6) is 0.915. The lowest BCUT2D eigenvalue weighted by Crippen LogP contribution is -2.02. The molecule has 3 heterocycles. The van der Waals surface area contributed by atoms with Crippen molar-refractivity contribution in [1.82, 2.24) is 9.97 Å². The van der Waals surface area contributed by atoms with Crippen LogP contribution in [0.1, 0.15) is 0 Å². The molecule has 0 saturated carbocycles. The van der Waals surface area contributed by atoms with E-state index in [0.717, 1.165) is 21.4 Å². The van der Waals surface area contributed by atoms with Crippen molar-refractivity contribution in [1.29, 1.82) is 0 Å². The lowest BCUT2D eigenvalue weighted by Gasteiger charge is -2.17. The summed E-state index contributed by atoms with van der Waals surface area (Å²) in [7, 11) is 0. The average molecular weight is 201 g/mol. The first-order valence-electron chi connectivity index (χ1n) is 4.28. The summed E-state index contributed by atoms with van der Waals surface area (Å²) < 4.78 is 0. The van der Waals surface area contributed by atoms with Gasteiger partial charge in [0.1, 0.15) is 10.8 Å². The largest absolute Gasteiger partial charge is 0.337 e. The van der Waals surface area contributed by atoms with Crippen molar-refractivity contribution < 1.29 is 0 Å². The lowest BCUT2D eigenvalue weighted by molar-refractivity contribution is 1.10. The topological polar surface area (TPSA) is 37.8 Å². The summed E-state index contributed by atoms with van der Waals surface area (Å²) in [6.07, 6.45) is 3.59. The fraction of sp³-hybridized carbons (Fsp3) is 0. The van der Waals surface area contributed by atoms with E-state index in [1.54, 1.807) is 24.2 Å². The van der Waals surface area contributed by atoms with Gasteiger partial charge in [-0.1, -0.05) is 11.8 Å². The van der Waals surface area contributed by atoms with Crippen molar-refractivity contribution >= 4 is 23.3 Å². The van der Waals surface area contributed by atoms with E-state index in [4.69, 9.17) is 0 Å². The normalized spacial score (nSPS) is 12.6. The van der Waals surface area contributed by atoms with Gasteiger partial charge in [0.2, 0.25) is 0 Å². The first-order chi connectivity index (χ1) is 6.93. The second kappa shape index (κ2) is 2.99. The molecule has 0 fully saturated rings. The Morgan fingerprint density at radius 1 is 1.07 bits per heavy atom. The van der Waals surface area contributed by atoms with Crippen LogP contribution in [0.4, 0.5) is 11.5 Å². The van der Waals surface area contributed by atoms with E-state index in [0.29, 0.717) is 0 Å². The molecule has 68 valence electrons. The zero-order valence-corrected chi connectivity index (χ0v) is 8.08. The molecule has 0 unspecified atom stereocenters. The molecular weight excluding hydrogens is 194 g/mol. The van der Waals surface area contributed by atoms with Crippen LogP contribution in [0.2, 0.25) is 0 Å². The Kier molecular flexibility index (Phi) is 1.67. The third kappa shape index (κ3) is 1.15. The summed E-state index contributed by atoms with van der Waals surface area (Å²) in [4.78, 5) is 9.67. The minimum atomic E-state index is 0.915. The standard InChI is InChI=1S/C10H7N3S/c1-3-7-10(12-6-1)14-8-4-2-5-11-9(8)13-7/h1-6H,(H,11,13). The second-order valence-electron chi connectivity index (χ2n) is 2.93. The Hall–Kier alpha value is -1.55. The summed E-state index contributed by atoms with van der Waals surface area (Å²) in [5, 5.41) is 4.25. The van der Waals surface area contributed by atoms with E-state index in [1.807, 2.05) is 24.3 Å². The van der Waals surface area contributed by atoms with E-state index in [-0.39, 0.29) is 0 Å². The molecule has 0 aliphatic carbocycles. The monoisotopic (exact) mass is 201 g/mol. The predicted molar refractivity (Wildman–Crippen MR) is 55.9 cm³/mol. The molecule has 4 heteroatoms. The van der Waals surface area contributed by atoms with E-state index in [2.05, 4.69) is 15.3 Å². The molecule has 1 N–H and O–H groups in total. The Morgan fingerprint density at radius 2 is 1.93 bits per heavy atom. The van der Waals surface area contributed by atoms with Crippen LogP contribution in [-0.4, -0.2) is 9.97 Å². The fourth-order valence-electron chi connectivity index (χ4n) is 1.37. The fourth-order valence-corrected chi connectivity index (χ4v) is 2.26. The number of aromatic nitrogens is 2. The Labute approximate surface area is 85.6 Å². The van der Waals surface area contributed by atoms with Crippen LogP contribution in [0.5, 0.6) is 0 Å². The van der Waals surface area contributed by atoms with Gasteiger partial charge in [-0.25, -0.2) is 9.97 Å². The number of nitrogens with one attached hydrogen (secondary N) is 1. The number of rotatable bonds is 0. The maximum absolute atomic E-state index is 4.29. The quantitative estimate of drug-likeness (QED) is 0.606. The minimum Gasteiger partial charge on any atom is -0.337 e. The number of hydrogen-bond donors (Lipinski definition) is 1. The number of pyridine rings is 2. The van der Waals surface area contributed by atoms with Crippen LogP contribution in [0.25, 0.3) is 0 Å². The third-order valence-corrected chi connectivity index (χ3v) is 3.07. The van der Waals surface area contributed by atoms with Crippen molar-refractivity contribution in [3.63, 3.8) is 0 Å². The summed E-state index contributed by atoms with van der Waals surface area (Å²) >= 11 is 1.65. The molecule has 0 radical (unpaired) electrons. The SMILES string of the molecule is c1cnc2c(c1)Nc1ncccc1S2. The predicted octanol–water partition coefficient (Wildman–Crippen LogP) is 2.68. The second-order valence-corrected chi connectivity index (χ2v) is 3.96. The zero-order chi connectivity index (χ0) is 9.38. The van der Waals surface area contributed by atoms with E-state index in [1.165, 1.54) is 0 Å². The smallest absolute Gasteiger partial charge is 0.144 e. The Morgan fingerprint density at radius 3 is 2.93 bits per heavy atom. The highest BCUT2D eigenvalue weighted by Crippen LogP contribution is 2.40. The molecule has 2 aromatic heterocycles. The van der Waals surface area contributed by atoms with Crippen molar-refractivity contribution in [2.75, 3.05) is 5.32 Å². The number of nitrogens with zero attached hydrogens (tertiary/aromatic N) is 2. The van der Waals surface area contributed by atoms with Crippen LogP contribution in [-0.2, 0) is 0 Å². The lowest BCUT2D eigenvalue weighted by atomic mass is 10.4. The highest BCUT2D eigenvalue weighted by molar-refractivity contribution is 7.99. The minimum absolute atomic E-state index is 0.915. The van der Waals surface area contributed by atoms with Gasteiger partial charge in [0, 0.05) is 12.4 Å². The highest BCUT2D eigenvalue weighted by Gasteiger charge is 2.15. The van der Waals surface area contributed by atoms with Gasteiger partial charge in [0.05, 0.1) is 10.6 Å². The third-order valence-electron chi connectivity index (χ3n) is 2.00. The van der Waals surface area contributed by atoms with Gasteiger partial charge in [-0.3, -0.25) is 0 Å². The molecule has 0 aromatic carbocycles. The van der Waals surface area contributed by atoms with E-state index in [9.17, 15) is 0 Å². The van der Waals surface area contributed by atoms with Gasteiger partial charge in [0.15, 0.2) is 0 Å². The van der Waals surface area contributed by atoms with Crippen LogP contribution < -0.4 is 5.32 Å². The van der Waals surface area contributed by atoms with Gasteiger partial charge in [-0.05, 0) is 24.3 Å². The van der Waals surface area contributed by atoms with Crippen LogP contribution in [0.15, 0.2) is 46.6 Å². The Balaban J connectivity index is 2.12. The van der Waals surface area contributed by atoms with Crippen LogP contribution >= 0.6 is 11.8 Å². The maximum Gasteiger partial charge on any atom is 0.144 e. The number of hydrogen-bond acceptors (Lipinski definition) is 4. The molecule has 2 aromatic rings. The van der Waals surface area contributed by atoms with Crippen molar-refractivity contribution in [3.8, 4) is 0 Å². The van der Waals surface area contributed by atoms with Gasteiger partial charge >= 0.3 is 0 Å². The maximum atomic E-state index is 4.29. The molecular formula is C10H7N3S. The van der Waals surface area contributed by atoms with Crippen molar-refractivity contribution in [3.05, 3.63) is 36.7 Å². The molecule has 0 spiro atoms. The molecule has 0 amide bonds. The first kappa shape index (κ1) is 7.82. The van der Waals surface area contributed by atoms with Crippen molar-refractivity contribution in [2.24, 2.45) is 0 Å². The average Bonchev–Trinajstić information content (AvgIpc) is 2.26. The summed E-state index contributed by atoms with van der Waals surface area (Å²) in [5.41, 5.74) is 1.03. The molecule has 0 saturated heterocycles. The summed E-state index contributed by atoms with van der Waals surface area (Å²) in [6.45, 7) is 0. The molecule has 0 atom stereocenters. The molecule has 3 rings (SSSR count). The van der Waals surface area contributed by atoms with Gasteiger partial charge in [-0.2, -0.15) is 0 Å². The van der Waals surface area contributed by atoms with E-state index < -0.39 is 0 Å².